The molecular formula is C25H17Cl2N3O3. The zero-order valence-electron chi connectivity index (χ0n) is 17.3. The number of imide groups is 1. The Labute approximate surface area is 199 Å². The molecule has 33 heavy (non-hydrogen) atoms. The van der Waals surface area contributed by atoms with Crippen molar-refractivity contribution in [1.29, 1.82) is 0 Å². The van der Waals surface area contributed by atoms with Gasteiger partial charge in [0.15, 0.2) is 0 Å². The summed E-state index contributed by atoms with van der Waals surface area (Å²) in [6, 6.07) is 18.8. The molecule has 0 atom stereocenters. The number of aryl methyl sites for hydroxylation is 1. The molecule has 0 saturated heterocycles. The average Bonchev–Trinajstić information content (AvgIpc) is 3.05. The molecule has 3 aromatic carbocycles. The molecule has 5 rings (SSSR count). The smallest absolute Gasteiger partial charge is 0.266 e. The zero-order chi connectivity index (χ0) is 23.1. The maximum absolute atomic E-state index is 13.4. The number of halogens is 2. The van der Waals surface area contributed by atoms with Crippen LogP contribution in [0.1, 0.15) is 33.0 Å². The van der Waals surface area contributed by atoms with Gasteiger partial charge in [-0.15, -0.1) is 0 Å². The summed E-state index contributed by atoms with van der Waals surface area (Å²) in [5.74, 6) is -0.125. The van der Waals surface area contributed by atoms with E-state index >= 15 is 0 Å². The number of para-hydroxylation sites is 1. The molecule has 2 heterocycles. The predicted octanol–water partition coefficient (Wildman–Crippen LogP) is 4.92. The normalized spacial score (nSPS) is 13.1. The molecular weight excluding hydrogens is 461 g/mol. The third kappa shape index (κ3) is 3.71. The summed E-state index contributed by atoms with van der Waals surface area (Å²) in [6.07, 6.45) is 0.786. The van der Waals surface area contributed by atoms with Gasteiger partial charge >= 0.3 is 0 Å². The minimum Gasteiger partial charge on any atom is -0.274 e. The van der Waals surface area contributed by atoms with E-state index in [1.165, 1.54) is 9.47 Å². The number of amides is 2. The summed E-state index contributed by atoms with van der Waals surface area (Å²) < 4.78 is 1.48. The van der Waals surface area contributed by atoms with Crippen LogP contribution in [0, 0.1) is 0 Å². The molecule has 6 nitrogen and oxygen atoms in total. The maximum atomic E-state index is 13.4. The molecule has 0 bridgehead atoms. The summed E-state index contributed by atoms with van der Waals surface area (Å²) in [4.78, 5) is 44.6. The highest BCUT2D eigenvalue weighted by Gasteiger charge is 2.34. The SMILES string of the molecule is O=C1c2ccccc2C(=O)N1CCCc1nc2ccccc2c(=O)n1-c1ccc(Cl)cc1Cl. The van der Waals surface area contributed by atoms with Crippen molar-refractivity contribution in [1.82, 2.24) is 14.5 Å². The fraction of sp³-hybridized carbons (Fsp3) is 0.120. The number of rotatable bonds is 5. The van der Waals surface area contributed by atoms with Crippen molar-refractivity contribution in [2.24, 2.45) is 0 Å². The van der Waals surface area contributed by atoms with Crippen LogP contribution in [0.3, 0.4) is 0 Å². The molecule has 0 unspecified atom stereocenters. The van der Waals surface area contributed by atoms with E-state index in [0.717, 1.165) is 0 Å². The van der Waals surface area contributed by atoms with Gasteiger partial charge in [0, 0.05) is 18.0 Å². The maximum Gasteiger partial charge on any atom is 0.266 e. The second kappa shape index (κ2) is 8.46. The Morgan fingerprint density at radius 3 is 2.18 bits per heavy atom. The van der Waals surface area contributed by atoms with Crippen LogP contribution in [0.2, 0.25) is 10.0 Å². The fourth-order valence-corrected chi connectivity index (χ4v) is 4.59. The van der Waals surface area contributed by atoms with Crippen LogP contribution in [0.5, 0.6) is 0 Å². The Morgan fingerprint density at radius 1 is 0.818 bits per heavy atom. The van der Waals surface area contributed by atoms with Crippen molar-refractivity contribution in [3.8, 4) is 5.69 Å². The van der Waals surface area contributed by atoms with E-state index in [-0.39, 0.29) is 23.9 Å². The van der Waals surface area contributed by atoms with Crippen molar-refractivity contribution in [2.75, 3.05) is 6.54 Å². The molecule has 0 spiro atoms. The van der Waals surface area contributed by atoms with Crippen LogP contribution < -0.4 is 5.56 Å². The number of benzene rings is 3. The van der Waals surface area contributed by atoms with E-state index in [9.17, 15) is 14.4 Å². The molecule has 0 N–H and O–H groups in total. The van der Waals surface area contributed by atoms with Gasteiger partial charge in [-0.1, -0.05) is 47.5 Å². The van der Waals surface area contributed by atoms with E-state index < -0.39 is 0 Å². The lowest BCUT2D eigenvalue weighted by Gasteiger charge is -2.17. The van der Waals surface area contributed by atoms with E-state index in [0.29, 0.717) is 56.4 Å². The lowest BCUT2D eigenvalue weighted by atomic mass is 10.1. The Kier molecular flexibility index (Phi) is 5.48. The van der Waals surface area contributed by atoms with Crippen molar-refractivity contribution in [2.45, 2.75) is 12.8 Å². The van der Waals surface area contributed by atoms with Crippen molar-refractivity contribution >= 4 is 45.9 Å². The van der Waals surface area contributed by atoms with Gasteiger partial charge in [-0.05, 0) is 48.9 Å². The molecule has 2 amide bonds. The summed E-state index contributed by atoms with van der Waals surface area (Å²) in [5.41, 5.74) is 1.62. The number of carbonyl (C=O) groups excluding carboxylic acids is 2. The average molecular weight is 478 g/mol. The van der Waals surface area contributed by atoms with Crippen LogP contribution in [-0.4, -0.2) is 32.8 Å². The van der Waals surface area contributed by atoms with Crippen LogP contribution in [-0.2, 0) is 6.42 Å². The first-order valence-corrected chi connectivity index (χ1v) is 11.1. The van der Waals surface area contributed by atoms with Gasteiger partial charge < -0.3 is 0 Å². The van der Waals surface area contributed by atoms with Crippen molar-refractivity contribution < 1.29 is 9.59 Å². The molecule has 1 aliphatic rings. The molecule has 1 aromatic heterocycles. The van der Waals surface area contributed by atoms with Gasteiger partial charge in [0.25, 0.3) is 17.4 Å². The molecule has 1 aliphatic heterocycles. The monoisotopic (exact) mass is 477 g/mol. The summed E-state index contributed by atoms with van der Waals surface area (Å²) in [7, 11) is 0. The number of carbonyl (C=O) groups is 2. The quantitative estimate of drug-likeness (QED) is 0.382. The standard InChI is InChI=1S/C25H17Cl2N3O3/c26-15-11-12-21(19(27)14-15)30-22(28-20-9-4-3-8-18(20)25(30)33)10-5-13-29-23(31)16-6-1-2-7-17(16)24(29)32/h1-4,6-9,11-12,14H,5,10,13H2. The minimum atomic E-state index is -0.305. The van der Waals surface area contributed by atoms with Crippen molar-refractivity contribution in [3.63, 3.8) is 0 Å². The lowest BCUT2D eigenvalue weighted by molar-refractivity contribution is 0.0652. The largest absolute Gasteiger partial charge is 0.274 e. The van der Waals surface area contributed by atoms with Gasteiger partial charge in [0.1, 0.15) is 5.82 Å². The van der Waals surface area contributed by atoms with E-state index in [1.54, 1.807) is 60.7 Å². The van der Waals surface area contributed by atoms with Gasteiger partial charge in [-0.3, -0.25) is 23.9 Å². The third-order valence-electron chi connectivity index (χ3n) is 5.66. The van der Waals surface area contributed by atoms with Crippen LogP contribution >= 0.6 is 23.2 Å². The molecule has 4 aromatic rings. The predicted molar refractivity (Wildman–Crippen MR) is 127 cm³/mol. The van der Waals surface area contributed by atoms with Crippen molar-refractivity contribution in [3.05, 3.63) is 104 Å². The highest BCUT2D eigenvalue weighted by atomic mass is 35.5. The highest BCUT2D eigenvalue weighted by Crippen LogP contribution is 2.26. The Bertz CT molecular complexity index is 1460. The summed E-state index contributed by atoms with van der Waals surface area (Å²) in [5, 5.41) is 1.24. The number of fused-ring (bicyclic) bond motifs is 2. The lowest BCUT2D eigenvalue weighted by Crippen LogP contribution is -2.31. The van der Waals surface area contributed by atoms with Gasteiger partial charge in [-0.2, -0.15) is 0 Å². The van der Waals surface area contributed by atoms with Crippen LogP contribution in [0.4, 0.5) is 0 Å². The Hall–Kier alpha value is -3.48. The molecule has 0 saturated carbocycles. The van der Waals surface area contributed by atoms with E-state index in [4.69, 9.17) is 28.2 Å². The first kappa shape index (κ1) is 21.4. The second-order valence-electron chi connectivity index (χ2n) is 7.69. The van der Waals surface area contributed by atoms with Crippen LogP contribution in [0.25, 0.3) is 16.6 Å². The Balaban J connectivity index is 1.49. The highest BCUT2D eigenvalue weighted by molar-refractivity contribution is 6.35. The molecule has 0 radical (unpaired) electrons. The number of aromatic nitrogens is 2. The fourth-order valence-electron chi connectivity index (χ4n) is 4.09. The first-order valence-electron chi connectivity index (χ1n) is 10.4. The second-order valence-corrected chi connectivity index (χ2v) is 8.54. The molecule has 164 valence electrons. The number of nitrogens with zero attached hydrogens (tertiary/aromatic N) is 3. The zero-order valence-corrected chi connectivity index (χ0v) is 18.8. The van der Waals surface area contributed by atoms with Gasteiger partial charge in [0.2, 0.25) is 0 Å². The summed E-state index contributed by atoms with van der Waals surface area (Å²) in [6.45, 7) is 0.212. The van der Waals surface area contributed by atoms with Gasteiger partial charge in [-0.25, -0.2) is 4.98 Å². The molecule has 0 aliphatic carbocycles. The Morgan fingerprint density at radius 2 is 1.48 bits per heavy atom. The molecule has 0 fully saturated rings. The number of hydrogen-bond donors (Lipinski definition) is 0. The topological polar surface area (TPSA) is 72.3 Å². The third-order valence-corrected chi connectivity index (χ3v) is 6.19. The summed E-state index contributed by atoms with van der Waals surface area (Å²) >= 11 is 12.5. The van der Waals surface area contributed by atoms with E-state index in [1.807, 2.05) is 6.07 Å². The van der Waals surface area contributed by atoms with Crippen LogP contribution in [0.15, 0.2) is 71.5 Å². The molecule has 8 heteroatoms. The minimum absolute atomic E-state index is 0.212. The van der Waals surface area contributed by atoms with E-state index in [2.05, 4.69) is 0 Å². The van der Waals surface area contributed by atoms with Gasteiger partial charge in [0.05, 0.1) is 32.7 Å². The first-order chi connectivity index (χ1) is 16.0. The number of hydrogen-bond acceptors (Lipinski definition) is 4.